The van der Waals surface area contributed by atoms with Crippen molar-refractivity contribution in [3.05, 3.63) is 83.7 Å². The molecule has 1 aromatic carbocycles. The van der Waals surface area contributed by atoms with Crippen molar-refractivity contribution in [3.63, 3.8) is 0 Å². The number of nitrogens with two attached hydrogens (primary N) is 2. The van der Waals surface area contributed by atoms with Gasteiger partial charge in [-0.3, -0.25) is 4.98 Å². The van der Waals surface area contributed by atoms with Crippen LogP contribution in [0.15, 0.2) is 64.4 Å². The number of aromatic nitrogens is 2. The number of aliphatic imine (C=N–C) groups is 1. The number of benzene rings is 1. The summed E-state index contributed by atoms with van der Waals surface area (Å²) >= 11 is 0. The predicted molar refractivity (Wildman–Crippen MR) is 112 cm³/mol. The molecule has 0 saturated heterocycles. The van der Waals surface area contributed by atoms with Gasteiger partial charge in [0, 0.05) is 17.3 Å². The highest BCUT2D eigenvalue weighted by molar-refractivity contribution is 6.06. The number of hydrogen-bond acceptors (Lipinski definition) is 7. The SMILES string of the molecule is Cc1noc(C)c1-c1cc(N)c(N)c(C(O)(C2=NC=[C+]C=C2)c2ccccn2)c1. The summed E-state index contributed by atoms with van der Waals surface area (Å²) in [5.41, 5.74) is 14.8. The first-order valence-electron chi connectivity index (χ1n) is 9.02. The Bertz CT molecular complexity index is 1140. The fourth-order valence-corrected chi connectivity index (χ4v) is 3.53. The van der Waals surface area contributed by atoms with Gasteiger partial charge in [0.25, 0.3) is 0 Å². The van der Waals surface area contributed by atoms with E-state index in [1.54, 1.807) is 48.7 Å². The van der Waals surface area contributed by atoms with E-state index in [2.05, 4.69) is 21.2 Å². The molecule has 0 fully saturated rings. The zero-order chi connectivity index (χ0) is 20.6. The second-order valence-electron chi connectivity index (χ2n) is 6.79. The maximum absolute atomic E-state index is 12.0. The molecule has 144 valence electrons. The molecule has 7 nitrogen and oxygen atoms in total. The van der Waals surface area contributed by atoms with Gasteiger partial charge >= 0.3 is 0 Å². The number of aryl methyl sites for hydroxylation is 2. The van der Waals surface area contributed by atoms with Crippen LogP contribution in [0.25, 0.3) is 11.1 Å². The fraction of sp³-hybridized carbons (Fsp3) is 0.136. The summed E-state index contributed by atoms with van der Waals surface area (Å²) in [4.78, 5) is 8.70. The maximum Gasteiger partial charge on any atom is 0.196 e. The normalized spacial score (nSPS) is 14.9. The van der Waals surface area contributed by atoms with Crippen molar-refractivity contribution < 1.29 is 9.63 Å². The lowest BCUT2D eigenvalue weighted by Gasteiger charge is -2.28. The summed E-state index contributed by atoms with van der Waals surface area (Å²) in [6.45, 7) is 3.67. The number of pyridine rings is 1. The molecular weight excluding hydrogens is 366 g/mol. The van der Waals surface area contributed by atoms with Crippen molar-refractivity contribution in [2.24, 2.45) is 4.99 Å². The Morgan fingerprint density at radius 2 is 2.00 bits per heavy atom. The standard InChI is InChI=1S/C22H20N5O2/c1-13-20(14(2)29-27-13)15-11-16(21(24)17(23)12-15)22(28,18-7-3-5-9-25-18)19-8-4-6-10-26-19/h3-5,7-12,28H,23-24H2,1-2H3/q+1. The molecule has 2 aromatic heterocycles. The lowest BCUT2D eigenvalue weighted by molar-refractivity contribution is 0.153. The number of aliphatic hydroxyl groups is 1. The number of nitrogens with zero attached hydrogens (tertiary/aromatic N) is 3. The van der Waals surface area contributed by atoms with E-state index in [1.807, 2.05) is 13.8 Å². The Balaban J connectivity index is 2.02. The van der Waals surface area contributed by atoms with Gasteiger partial charge in [-0.05, 0) is 43.7 Å². The Labute approximate surface area is 168 Å². The molecule has 5 N–H and O–H groups in total. The molecule has 0 bridgehead atoms. The van der Waals surface area contributed by atoms with Crippen molar-refractivity contribution in [1.82, 2.24) is 10.1 Å². The molecule has 3 aromatic rings. The molecule has 1 atom stereocenters. The van der Waals surface area contributed by atoms with E-state index < -0.39 is 5.60 Å². The Hall–Kier alpha value is -3.80. The van der Waals surface area contributed by atoms with Gasteiger partial charge in [-0.15, -0.1) is 0 Å². The lowest BCUT2D eigenvalue weighted by atomic mass is 9.81. The highest BCUT2D eigenvalue weighted by Crippen LogP contribution is 2.41. The average molecular weight is 386 g/mol. The van der Waals surface area contributed by atoms with Gasteiger partial charge in [0.2, 0.25) is 0 Å². The Morgan fingerprint density at radius 1 is 1.17 bits per heavy atom. The van der Waals surface area contributed by atoms with Gasteiger partial charge in [-0.25, -0.2) is 4.99 Å². The van der Waals surface area contributed by atoms with E-state index in [4.69, 9.17) is 16.0 Å². The number of anilines is 2. The van der Waals surface area contributed by atoms with E-state index in [0.29, 0.717) is 34.1 Å². The van der Waals surface area contributed by atoms with Crippen molar-refractivity contribution in [3.8, 4) is 11.1 Å². The first-order valence-corrected chi connectivity index (χ1v) is 9.02. The second kappa shape index (κ2) is 6.98. The molecule has 1 aliphatic heterocycles. The molecule has 3 heterocycles. The molecule has 0 spiro atoms. The molecule has 0 amide bonds. The summed E-state index contributed by atoms with van der Waals surface area (Å²) in [7, 11) is 0. The van der Waals surface area contributed by atoms with Gasteiger partial charge in [0.15, 0.2) is 23.6 Å². The topological polar surface area (TPSA) is 124 Å². The van der Waals surface area contributed by atoms with Crippen molar-refractivity contribution in [2.75, 3.05) is 11.5 Å². The van der Waals surface area contributed by atoms with Gasteiger partial charge < -0.3 is 21.1 Å². The largest absolute Gasteiger partial charge is 0.397 e. The maximum atomic E-state index is 12.0. The highest BCUT2D eigenvalue weighted by Gasteiger charge is 2.43. The number of hydrogen-bond donors (Lipinski definition) is 3. The van der Waals surface area contributed by atoms with Crippen molar-refractivity contribution >= 4 is 17.1 Å². The second-order valence-corrected chi connectivity index (χ2v) is 6.79. The van der Waals surface area contributed by atoms with E-state index in [9.17, 15) is 5.11 Å². The number of nitrogen functional groups attached to an aromatic ring is 2. The summed E-state index contributed by atoms with van der Waals surface area (Å²) < 4.78 is 5.30. The van der Waals surface area contributed by atoms with Crippen LogP contribution < -0.4 is 11.5 Å². The third-order valence-corrected chi connectivity index (χ3v) is 4.95. The van der Waals surface area contributed by atoms with Gasteiger partial charge in [0.1, 0.15) is 17.9 Å². The van der Waals surface area contributed by atoms with Gasteiger partial charge in [-0.1, -0.05) is 11.2 Å². The molecule has 29 heavy (non-hydrogen) atoms. The number of rotatable bonds is 4. The minimum Gasteiger partial charge on any atom is -0.397 e. The predicted octanol–water partition coefficient (Wildman–Crippen LogP) is 3.08. The molecule has 0 saturated carbocycles. The van der Waals surface area contributed by atoms with E-state index in [1.165, 1.54) is 6.20 Å². The lowest BCUT2D eigenvalue weighted by Crippen LogP contribution is -2.38. The Kier molecular flexibility index (Phi) is 4.47. The average Bonchev–Trinajstić information content (AvgIpc) is 3.09. The summed E-state index contributed by atoms with van der Waals surface area (Å²) in [6, 6.07) is 8.81. The molecule has 0 aliphatic carbocycles. The first kappa shape index (κ1) is 18.6. The van der Waals surface area contributed by atoms with Crippen LogP contribution in [-0.4, -0.2) is 21.0 Å². The van der Waals surface area contributed by atoms with E-state index in [0.717, 1.165) is 11.1 Å². The van der Waals surface area contributed by atoms with Crippen LogP contribution in [-0.2, 0) is 5.60 Å². The quantitative estimate of drug-likeness (QED) is 0.468. The molecule has 1 unspecified atom stereocenters. The number of allylic oxidation sites excluding steroid dienone is 2. The molecule has 7 heteroatoms. The summed E-state index contributed by atoms with van der Waals surface area (Å²) in [5, 5.41) is 16.0. The summed E-state index contributed by atoms with van der Waals surface area (Å²) in [6.07, 6.45) is 9.30. The van der Waals surface area contributed by atoms with Crippen LogP contribution in [0.3, 0.4) is 0 Å². The van der Waals surface area contributed by atoms with Gasteiger partial charge in [0.05, 0.1) is 22.8 Å². The molecule has 1 aliphatic rings. The van der Waals surface area contributed by atoms with Crippen LogP contribution in [0.4, 0.5) is 11.4 Å². The van der Waals surface area contributed by atoms with Crippen LogP contribution in [0.2, 0.25) is 0 Å². The molecular formula is C22H20N5O2+. The van der Waals surface area contributed by atoms with Crippen LogP contribution in [0.5, 0.6) is 0 Å². The zero-order valence-electron chi connectivity index (χ0n) is 16.0. The van der Waals surface area contributed by atoms with E-state index >= 15 is 0 Å². The molecule has 0 radical (unpaired) electrons. The Morgan fingerprint density at radius 3 is 2.62 bits per heavy atom. The van der Waals surface area contributed by atoms with Crippen LogP contribution in [0, 0.1) is 19.9 Å². The van der Waals surface area contributed by atoms with E-state index in [-0.39, 0.29) is 5.69 Å². The minimum absolute atomic E-state index is 0.253. The molecule has 4 rings (SSSR count). The summed E-state index contributed by atoms with van der Waals surface area (Å²) in [5.74, 6) is 0.645. The minimum atomic E-state index is -1.72. The smallest absolute Gasteiger partial charge is 0.196 e. The van der Waals surface area contributed by atoms with Crippen LogP contribution in [0.1, 0.15) is 22.7 Å². The third-order valence-electron chi connectivity index (χ3n) is 4.95. The van der Waals surface area contributed by atoms with Crippen molar-refractivity contribution in [1.29, 1.82) is 0 Å². The highest BCUT2D eigenvalue weighted by atomic mass is 16.5. The van der Waals surface area contributed by atoms with Crippen LogP contribution >= 0.6 is 0 Å². The monoisotopic (exact) mass is 386 g/mol. The first-order chi connectivity index (χ1) is 13.9. The van der Waals surface area contributed by atoms with Crippen molar-refractivity contribution in [2.45, 2.75) is 19.4 Å². The fourth-order valence-electron chi connectivity index (χ4n) is 3.53. The van der Waals surface area contributed by atoms with Gasteiger partial charge in [-0.2, -0.15) is 0 Å². The zero-order valence-corrected chi connectivity index (χ0v) is 16.0. The third kappa shape index (κ3) is 2.99.